The number of benzene rings is 2. The Morgan fingerprint density at radius 1 is 0.926 bits per heavy atom. The van der Waals surface area contributed by atoms with Crippen molar-refractivity contribution >= 4 is 21.4 Å². The summed E-state index contributed by atoms with van der Waals surface area (Å²) in [6.07, 6.45) is 1.23. The van der Waals surface area contributed by atoms with Crippen molar-refractivity contribution < 1.29 is 8.42 Å². The Labute approximate surface area is 163 Å². The summed E-state index contributed by atoms with van der Waals surface area (Å²) in [6.45, 7) is 10.4. The van der Waals surface area contributed by atoms with Crippen LogP contribution in [-0.2, 0) is 16.6 Å². The summed E-state index contributed by atoms with van der Waals surface area (Å²) in [5, 5.41) is 3.48. The van der Waals surface area contributed by atoms with Gasteiger partial charge in [-0.05, 0) is 80.0 Å². The molecule has 0 saturated heterocycles. The fourth-order valence-corrected chi connectivity index (χ4v) is 4.30. The third-order valence-electron chi connectivity index (χ3n) is 5.36. The topological polar surface area (TPSA) is 58.2 Å². The first-order valence-electron chi connectivity index (χ1n) is 9.56. The lowest BCUT2D eigenvalue weighted by atomic mass is 10.0. The smallest absolute Gasteiger partial charge is 0.237 e. The van der Waals surface area contributed by atoms with Crippen LogP contribution in [-0.4, -0.2) is 13.2 Å². The van der Waals surface area contributed by atoms with Crippen LogP contribution in [0.2, 0.25) is 0 Å². The van der Waals surface area contributed by atoms with E-state index in [9.17, 15) is 8.42 Å². The summed E-state index contributed by atoms with van der Waals surface area (Å²) in [5.41, 5.74) is 5.76. The lowest BCUT2D eigenvalue weighted by Crippen LogP contribution is -2.33. The Kier molecular flexibility index (Phi) is 5.26. The summed E-state index contributed by atoms with van der Waals surface area (Å²) in [7, 11) is -3.40. The van der Waals surface area contributed by atoms with E-state index in [1.807, 2.05) is 24.3 Å². The summed E-state index contributed by atoms with van der Waals surface area (Å²) in [5.74, 6) is 1.26. The molecule has 2 atom stereocenters. The highest BCUT2D eigenvalue weighted by molar-refractivity contribution is 7.94. The maximum Gasteiger partial charge on any atom is 0.237 e. The Balaban J connectivity index is 1.64. The Bertz CT molecular complexity index is 912. The van der Waals surface area contributed by atoms with E-state index in [1.54, 1.807) is 20.8 Å². The second-order valence-corrected chi connectivity index (χ2v) is 11.1. The summed E-state index contributed by atoms with van der Waals surface area (Å²) < 4.78 is 26.3. The Hall–Kier alpha value is -2.01. The van der Waals surface area contributed by atoms with Crippen molar-refractivity contribution in [3.8, 4) is 0 Å². The van der Waals surface area contributed by atoms with Crippen molar-refractivity contribution in [3.05, 3.63) is 59.2 Å². The fraction of sp³-hybridized carbons (Fsp3) is 0.455. The van der Waals surface area contributed by atoms with Gasteiger partial charge in [-0.3, -0.25) is 4.72 Å². The molecule has 2 aromatic rings. The zero-order valence-corrected chi connectivity index (χ0v) is 17.7. The second-order valence-electron chi connectivity index (χ2n) is 8.65. The van der Waals surface area contributed by atoms with Gasteiger partial charge in [0.2, 0.25) is 10.0 Å². The summed E-state index contributed by atoms with van der Waals surface area (Å²) in [6, 6.07) is 14.2. The molecule has 2 N–H and O–H groups in total. The van der Waals surface area contributed by atoms with Gasteiger partial charge < -0.3 is 5.32 Å². The first-order valence-corrected chi connectivity index (χ1v) is 11.0. The molecule has 0 aromatic heterocycles. The molecule has 27 heavy (non-hydrogen) atoms. The predicted octanol–water partition coefficient (Wildman–Crippen LogP) is 5.45. The molecule has 0 amide bonds. The van der Waals surface area contributed by atoms with Gasteiger partial charge in [0, 0.05) is 17.9 Å². The average Bonchev–Trinajstić information content (AvgIpc) is 2.87. The standard InChI is InChI=1S/C22H30N2O2S/c1-15-12-16(2)21-13-19(10-11-20(15)21)23-14-17-6-8-18(9-7-17)24-27(25,26)22(3,4)5/h6-11,13,15-16,23-24H,12,14H2,1-5H3. The van der Waals surface area contributed by atoms with Crippen molar-refractivity contribution in [3.63, 3.8) is 0 Å². The van der Waals surface area contributed by atoms with Gasteiger partial charge in [0.1, 0.15) is 0 Å². The highest BCUT2D eigenvalue weighted by Gasteiger charge is 2.28. The van der Waals surface area contributed by atoms with Crippen molar-refractivity contribution in [1.29, 1.82) is 0 Å². The van der Waals surface area contributed by atoms with Gasteiger partial charge in [0.15, 0.2) is 0 Å². The minimum absolute atomic E-state index is 0.592. The molecule has 5 heteroatoms. The van der Waals surface area contributed by atoms with Crippen LogP contribution in [0.25, 0.3) is 0 Å². The molecule has 4 nitrogen and oxygen atoms in total. The van der Waals surface area contributed by atoms with E-state index in [0.717, 1.165) is 11.3 Å². The van der Waals surface area contributed by atoms with E-state index in [4.69, 9.17) is 0 Å². The van der Waals surface area contributed by atoms with Crippen molar-refractivity contribution in [1.82, 2.24) is 0 Å². The Morgan fingerprint density at radius 3 is 2.15 bits per heavy atom. The molecule has 0 saturated carbocycles. The van der Waals surface area contributed by atoms with E-state index in [-0.39, 0.29) is 0 Å². The maximum atomic E-state index is 12.2. The van der Waals surface area contributed by atoms with Crippen LogP contribution in [0.4, 0.5) is 11.4 Å². The number of anilines is 2. The van der Waals surface area contributed by atoms with Crippen LogP contribution in [0, 0.1) is 0 Å². The molecular weight excluding hydrogens is 356 g/mol. The fourth-order valence-electron chi connectivity index (χ4n) is 3.55. The monoisotopic (exact) mass is 386 g/mol. The molecule has 2 aromatic carbocycles. The molecule has 1 aliphatic carbocycles. The third-order valence-corrected chi connectivity index (χ3v) is 7.48. The first kappa shape index (κ1) is 19.7. The zero-order valence-electron chi connectivity index (χ0n) is 16.8. The quantitative estimate of drug-likeness (QED) is 0.718. The van der Waals surface area contributed by atoms with Gasteiger partial charge in [-0.25, -0.2) is 8.42 Å². The van der Waals surface area contributed by atoms with Crippen LogP contribution in [0.3, 0.4) is 0 Å². The van der Waals surface area contributed by atoms with Gasteiger partial charge in [-0.15, -0.1) is 0 Å². The molecular formula is C22H30N2O2S. The lowest BCUT2D eigenvalue weighted by molar-refractivity contribution is 0.566. The molecule has 0 fully saturated rings. The van der Waals surface area contributed by atoms with Gasteiger partial charge in [-0.1, -0.05) is 32.0 Å². The van der Waals surface area contributed by atoms with E-state index in [2.05, 4.69) is 42.1 Å². The average molecular weight is 387 g/mol. The van der Waals surface area contributed by atoms with Crippen LogP contribution < -0.4 is 10.0 Å². The Morgan fingerprint density at radius 2 is 1.52 bits per heavy atom. The van der Waals surface area contributed by atoms with Gasteiger partial charge >= 0.3 is 0 Å². The SMILES string of the molecule is CC1CC(C)c2cc(NCc3ccc(NS(=O)(=O)C(C)(C)C)cc3)ccc21. The zero-order chi connectivity index (χ0) is 19.8. The summed E-state index contributed by atoms with van der Waals surface area (Å²) in [4.78, 5) is 0. The van der Waals surface area contributed by atoms with E-state index >= 15 is 0 Å². The minimum Gasteiger partial charge on any atom is -0.381 e. The highest BCUT2D eigenvalue weighted by Crippen LogP contribution is 2.42. The van der Waals surface area contributed by atoms with E-state index in [1.165, 1.54) is 17.5 Å². The van der Waals surface area contributed by atoms with Crippen molar-refractivity contribution in [2.45, 2.75) is 64.2 Å². The normalized spacial score (nSPS) is 19.6. The molecule has 146 valence electrons. The number of nitrogens with one attached hydrogen (secondary N) is 2. The van der Waals surface area contributed by atoms with Crippen LogP contribution >= 0.6 is 0 Å². The maximum absolute atomic E-state index is 12.2. The first-order chi connectivity index (χ1) is 12.6. The third kappa shape index (κ3) is 4.29. The molecule has 0 spiro atoms. The van der Waals surface area contributed by atoms with Crippen LogP contribution in [0.5, 0.6) is 0 Å². The van der Waals surface area contributed by atoms with Gasteiger partial charge in [0.25, 0.3) is 0 Å². The number of sulfonamides is 1. The van der Waals surface area contributed by atoms with Crippen LogP contribution in [0.1, 0.15) is 69.6 Å². The largest absolute Gasteiger partial charge is 0.381 e. The molecule has 0 heterocycles. The molecule has 3 rings (SSSR count). The van der Waals surface area contributed by atoms with Gasteiger partial charge in [-0.2, -0.15) is 0 Å². The second kappa shape index (κ2) is 7.19. The molecule has 1 aliphatic rings. The predicted molar refractivity (Wildman–Crippen MR) is 114 cm³/mol. The van der Waals surface area contributed by atoms with E-state index in [0.29, 0.717) is 24.1 Å². The van der Waals surface area contributed by atoms with Gasteiger partial charge in [0.05, 0.1) is 4.75 Å². The molecule has 0 aliphatic heterocycles. The summed E-state index contributed by atoms with van der Waals surface area (Å²) >= 11 is 0. The number of hydrogen-bond donors (Lipinski definition) is 2. The van der Waals surface area contributed by atoms with Crippen molar-refractivity contribution in [2.24, 2.45) is 0 Å². The number of hydrogen-bond acceptors (Lipinski definition) is 3. The molecule has 0 bridgehead atoms. The molecule has 0 radical (unpaired) electrons. The van der Waals surface area contributed by atoms with E-state index < -0.39 is 14.8 Å². The lowest BCUT2D eigenvalue weighted by Gasteiger charge is -2.20. The number of rotatable bonds is 5. The highest BCUT2D eigenvalue weighted by atomic mass is 32.2. The number of fused-ring (bicyclic) bond motifs is 1. The van der Waals surface area contributed by atoms with Crippen LogP contribution in [0.15, 0.2) is 42.5 Å². The molecule has 2 unspecified atom stereocenters. The van der Waals surface area contributed by atoms with Crippen molar-refractivity contribution in [2.75, 3.05) is 10.0 Å². The minimum atomic E-state index is -3.40.